The van der Waals surface area contributed by atoms with Crippen LogP contribution in [0.5, 0.6) is 0 Å². The molecule has 0 unspecified atom stereocenters. The minimum atomic E-state index is -6.09. The van der Waals surface area contributed by atoms with Gasteiger partial charge in [-0.3, -0.25) is 0 Å². The Labute approximate surface area is 259 Å². The van der Waals surface area contributed by atoms with Crippen molar-refractivity contribution in [1.82, 2.24) is 9.80 Å². The van der Waals surface area contributed by atoms with E-state index in [1.165, 1.54) is 25.2 Å². The first-order valence-electron chi connectivity index (χ1n) is 11.7. The van der Waals surface area contributed by atoms with Crippen LogP contribution in [0.1, 0.15) is 62.3 Å². The van der Waals surface area contributed by atoms with Crippen LogP contribution in [-0.4, -0.2) is 60.9 Å². The Morgan fingerprint density at radius 3 is 0.833 bits per heavy atom. The van der Waals surface area contributed by atoms with Crippen LogP contribution < -0.4 is 0 Å². The van der Waals surface area contributed by atoms with E-state index in [0.29, 0.717) is 0 Å². The van der Waals surface area contributed by atoms with Crippen LogP contribution in [0, 0.1) is 58.9 Å². The number of rotatable bonds is 0. The van der Waals surface area contributed by atoms with Gasteiger partial charge in [0.2, 0.25) is 0 Å². The Morgan fingerprint density at radius 2 is 0.786 bits per heavy atom. The molecule has 0 spiro atoms. The van der Waals surface area contributed by atoms with Gasteiger partial charge in [-0.1, -0.05) is 34.6 Å². The van der Waals surface area contributed by atoms with E-state index >= 15 is 0 Å². The Bertz CT molecular complexity index is 990. The summed E-state index contributed by atoms with van der Waals surface area (Å²) < 4.78 is 118. The fraction of sp³-hybridized carbons (Fsp3) is 0.783. The maximum absolute atomic E-state index is 10.7. The molecule has 1 heterocycles. The van der Waals surface area contributed by atoms with Gasteiger partial charge in [-0.05, 0) is 68.9 Å². The zero-order valence-corrected chi connectivity index (χ0v) is 29.1. The van der Waals surface area contributed by atoms with Gasteiger partial charge in [0.05, 0.1) is 12.1 Å². The predicted molar refractivity (Wildman–Crippen MR) is 138 cm³/mol. The van der Waals surface area contributed by atoms with Crippen molar-refractivity contribution in [3.05, 3.63) is 18.1 Å². The summed E-state index contributed by atoms with van der Waals surface area (Å²) in [6.45, 7) is 21.2. The molecule has 10 nitrogen and oxygen atoms in total. The quantitative estimate of drug-likeness (QED) is 0.130. The predicted octanol–water partition coefficient (Wildman–Crippen LogP) is 5.57. The number of hydrogen-bond acceptors (Lipinski definition) is 10. The summed E-state index contributed by atoms with van der Waals surface area (Å²) in [5.74, 6) is 4.68. The molecule has 0 saturated heterocycles. The standard InChI is InChI=1S/C10H20.C7H13N2.2C2H3N.2CHF3O3S.Ir/c1-6-7(2)9(4)10(5)8(6)3;1-6-7(2)9(4)5-8(6)3;2*1-2-3;2*2-1(3,4)8(5,6)7;/h6-10H,1-5H3;5H,1-4H3;2*1H3;2*(H,5,6,7);/q;-1;;;;;+3/p-2. The summed E-state index contributed by atoms with van der Waals surface area (Å²) in [5.41, 5.74) is -8.63. The van der Waals surface area contributed by atoms with E-state index in [9.17, 15) is 26.3 Å². The minimum Gasteiger partial charge on any atom is -0.741 e. The van der Waals surface area contributed by atoms with E-state index in [4.69, 9.17) is 36.5 Å². The van der Waals surface area contributed by atoms with Crippen molar-refractivity contribution in [3.63, 3.8) is 0 Å². The molecule has 0 aromatic carbocycles. The van der Waals surface area contributed by atoms with E-state index < -0.39 is 31.3 Å². The van der Waals surface area contributed by atoms with E-state index in [0.717, 1.165) is 29.6 Å². The van der Waals surface area contributed by atoms with Crippen molar-refractivity contribution in [2.75, 3.05) is 14.1 Å². The number of nitriles is 2. The smallest absolute Gasteiger partial charge is 0.741 e. The maximum Gasteiger partial charge on any atom is 3.00 e. The van der Waals surface area contributed by atoms with Crippen LogP contribution in [0.2, 0.25) is 0 Å². The molecule has 1 aliphatic heterocycles. The van der Waals surface area contributed by atoms with Crippen molar-refractivity contribution in [2.45, 2.75) is 73.3 Å². The molecular formula is C23H39F6IrN4O6S2. The van der Waals surface area contributed by atoms with Crippen molar-refractivity contribution < 1.29 is 72.4 Å². The monoisotopic (exact) mass is 838 g/mol. The third-order valence-corrected chi connectivity index (χ3v) is 7.78. The summed E-state index contributed by atoms with van der Waals surface area (Å²) in [6, 6.07) is 3.50. The third kappa shape index (κ3) is 19.5. The fourth-order valence-electron chi connectivity index (χ4n) is 3.34. The molecule has 0 bridgehead atoms. The largest absolute Gasteiger partial charge is 3.00 e. The number of allylic oxidation sites excluding steroid dienone is 2. The first-order valence-corrected chi connectivity index (χ1v) is 14.5. The zero-order valence-electron chi connectivity index (χ0n) is 25.1. The van der Waals surface area contributed by atoms with Gasteiger partial charge < -0.3 is 18.9 Å². The summed E-state index contributed by atoms with van der Waals surface area (Å²) >= 11 is 0. The fourth-order valence-corrected chi connectivity index (χ4v) is 3.34. The number of hydrogen-bond donors (Lipinski definition) is 0. The number of nitrogens with zero attached hydrogens (tertiary/aromatic N) is 4. The second-order valence-electron chi connectivity index (χ2n) is 9.05. The first kappa shape index (κ1) is 50.0. The van der Waals surface area contributed by atoms with Crippen LogP contribution in [0.4, 0.5) is 26.3 Å². The van der Waals surface area contributed by atoms with Gasteiger partial charge in [0.15, 0.2) is 20.2 Å². The summed E-state index contributed by atoms with van der Waals surface area (Å²) in [6.07, 6.45) is 0. The molecule has 0 aromatic rings. The minimum absolute atomic E-state index is 0. The molecular weight excluding hydrogens is 799 g/mol. The van der Waals surface area contributed by atoms with Gasteiger partial charge in [0.1, 0.15) is 0 Å². The number of halogens is 6. The summed E-state index contributed by atoms with van der Waals surface area (Å²) in [7, 11) is -8.06. The van der Waals surface area contributed by atoms with E-state index in [-0.39, 0.29) is 20.1 Å². The van der Waals surface area contributed by atoms with Crippen LogP contribution in [0.15, 0.2) is 11.4 Å². The molecule has 0 atom stereocenters. The molecule has 2 aliphatic rings. The molecule has 1 aliphatic carbocycles. The summed E-state index contributed by atoms with van der Waals surface area (Å²) in [4.78, 5) is 4.24. The van der Waals surface area contributed by atoms with Crippen molar-refractivity contribution in [3.8, 4) is 12.1 Å². The van der Waals surface area contributed by atoms with Gasteiger partial charge in [0.25, 0.3) is 0 Å². The van der Waals surface area contributed by atoms with Gasteiger partial charge >= 0.3 is 31.1 Å². The average molecular weight is 838 g/mol. The molecule has 0 radical (unpaired) electrons. The molecule has 2 rings (SSSR count). The first-order chi connectivity index (χ1) is 18.0. The molecule has 1 fully saturated rings. The van der Waals surface area contributed by atoms with Gasteiger partial charge in [-0.2, -0.15) is 43.5 Å². The van der Waals surface area contributed by atoms with E-state index in [1.807, 2.05) is 0 Å². The maximum atomic E-state index is 10.7. The Balaban J connectivity index is -0.000000136. The second kappa shape index (κ2) is 21.1. The Morgan fingerprint density at radius 1 is 0.667 bits per heavy atom. The van der Waals surface area contributed by atoms with Crippen LogP contribution >= 0.6 is 0 Å². The zero-order chi connectivity index (χ0) is 34.3. The Hall–Kier alpha value is -1.63. The van der Waals surface area contributed by atoms with Crippen molar-refractivity contribution in [1.29, 1.82) is 10.5 Å². The van der Waals surface area contributed by atoms with Crippen molar-refractivity contribution in [2.24, 2.45) is 29.6 Å². The van der Waals surface area contributed by atoms with Crippen LogP contribution in [0.3, 0.4) is 0 Å². The molecule has 0 N–H and O–H groups in total. The van der Waals surface area contributed by atoms with Gasteiger partial charge in [-0.15, -0.1) is 0 Å². The Kier molecular flexibility index (Phi) is 25.2. The average Bonchev–Trinajstić information content (AvgIpc) is 3.10. The van der Waals surface area contributed by atoms with E-state index in [2.05, 4.69) is 79.0 Å². The van der Waals surface area contributed by atoms with Gasteiger partial charge in [0, 0.05) is 13.8 Å². The molecule has 250 valence electrons. The number of alkyl halides is 6. The SMILES string of the molecule is CC#N.CC#N.CC1=C(C)N(C)[CH-]N1C.CC1C(C)C(C)C(C)C1C.O=S(=O)([O-])C(F)(F)F.O=S(=O)([O-])C(F)(F)F.[Ir+3]. The van der Waals surface area contributed by atoms with Crippen molar-refractivity contribution >= 4 is 20.2 Å². The second-order valence-corrected chi connectivity index (χ2v) is 11.8. The molecule has 1 saturated carbocycles. The molecule has 42 heavy (non-hydrogen) atoms. The topological polar surface area (TPSA) is 168 Å². The van der Waals surface area contributed by atoms with Crippen LogP contribution in [0.25, 0.3) is 0 Å². The van der Waals surface area contributed by atoms with E-state index in [1.54, 1.807) is 12.1 Å². The normalized spacial score (nSPS) is 23.2. The summed E-state index contributed by atoms with van der Waals surface area (Å²) in [5, 5.41) is 14.6. The molecule has 0 aromatic heterocycles. The molecule has 19 heteroatoms. The van der Waals surface area contributed by atoms with Gasteiger partial charge in [-0.25, -0.2) is 16.8 Å². The van der Waals surface area contributed by atoms with Crippen LogP contribution in [-0.2, 0) is 40.3 Å². The molecule has 0 amide bonds. The third-order valence-electron chi connectivity index (χ3n) is 6.64.